The maximum Gasteiger partial charge on any atom is 0.337 e. The molecule has 1 aromatic rings. The van der Waals surface area contributed by atoms with Gasteiger partial charge in [0.1, 0.15) is 0 Å². The summed E-state index contributed by atoms with van der Waals surface area (Å²) in [6.45, 7) is 0. The number of hydrogen-bond acceptors (Lipinski definition) is 2. The average molecular weight is 143 g/mol. The van der Waals surface area contributed by atoms with Gasteiger partial charge in [-0.25, -0.2) is 4.79 Å². The number of nitrogens with two attached hydrogens (primary N) is 1. The minimum Gasteiger partial charge on any atom is -0.478 e. The van der Waals surface area contributed by atoms with E-state index in [4.69, 9.17) is 10.8 Å². The monoisotopic (exact) mass is 143 g/mol. The molecule has 0 fully saturated rings. The Labute approximate surface area is 58.1 Å². The molecule has 0 saturated heterocycles. The Morgan fingerprint density at radius 3 is 2.40 bits per heavy atom. The van der Waals surface area contributed by atoms with Crippen LogP contribution < -0.4 is 5.73 Å². The summed E-state index contributed by atoms with van der Waals surface area (Å²) in [6, 6.07) is 6.36. The lowest BCUT2D eigenvalue weighted by Gasteiger charge is -1.96. The van der Waals surface area contributed by atoms with Gasteiger partial charge in [-0.05, 0) is 12.1 Å². The Balaban J connectivity index is 3.15. The van der Waals surface area contributed by atoms with Gasteiger partial charge in [0, 0.05) is 5.69 Å². The molecule has 0 aliphatic rings. The first-order valence-electron chi connectivity index (χ1n) is 2.79. The van der Waals surface area contributed by atoms with Crippen molar-refractivity contribution in [3.8, 4) is 0 Å². The van der Waals surface area contributed by atoms with Gasteiger partial charge in [0.05, 0.1) is 5.56 Å². The molecule has 3 heteroatoms. The van der Waals surface area contributed by atoms with Gasteiger partial charge in [-0.1, -0.05) is 12.1 Å². The number of rotatable bonds is 1. The minimum absolute atomic E-state index is 0.155. The maximum absolute atomic E-state index is 10.3. The van der Waals surface area contributed by atoms with Gasteiger partial charge in [0.15, 0.2) is 0 Å². The van der Waals surface area contributed by atoms with E-state index in [1.807, 2.05) is 0 Å². The van der Waals surface area contributed by atoms with Gasteiger partial charge >= 0.3 is 5.97 Å². The van der Waals surface area contributed by atoms with Crippen molar-refractivity contribution in [1.82, 2.24) is 0 Å². The van der Waals surface area contributed by atoms with E-state index >= 15 is 0 Å². The smallest absolute Gasteiger partial charge is 0.337 e. The normalized spacial score (nSPS) is 9.20. The van der Waals surface area contributed by atoms with Crippen LogP contribution in [0.1, 0.15) is 10.4 Å². The average Bonchev–Trinajstić information content (AvgIpc) is 1.88. The lowest BCUT2D eigenvalue weighted by atomic mass is 10.9. The molecular weight excluding hydrogens is 136 g/mol. The fraction of sp³-hybridized carbons (Fsp3) is 0. The molecule has 0 amide bonds. The number of hydrogen-bond donors (Lipinski definition) is 2. The Morgan fingerprint density at radius 1 is 1.40 bits per heavy atom. The number of carboxylic acids is 1. The summed E-state index contributed by atoms with van der Waals surface area (Å²) in [6.07, 6.45) is 0. The third-order valence-electron chi connectivity index (χ3n) is 1.19. The van der Waals surface area contributed by atoms with Crippen molar-refractivity contribution >= 4 is 11.7 Å². The number of benzene rings is 1. The Hall–Kier alpha value is -1.51. The maximum atomic E-state index is 10.3. The summed E-state index contributed by atoms with van der Waals surface area (Å²) in [7, 11) is 0. The number of carbonyl (C=O) groups is 1. The fourth-order valence-electron chi connectivity index (χ4n) is 0.692. The summed E-state index contributed by atoms with van der Waals surface area (Å²) in [5.74, 6) is -0.988. The van der Waals surface area contributed by atoms with Crippen molar-refractivity contribution in [2.75, 3.05) is 5.73 Å². The standard InChI is InChI=1S/C7H7NO2/c8-6-4-2-1-3-5(6)7(9)10/h1-4H,8H2,(H,9,10)/i1+1,2+1,3+1,4+1,5+1,6+1. The zero-order valence-corrected chi connectivity index (χ0v) is 5.24. The highest BCUT2D eigenvalue weighted by atomic mass is 16.4. The second-order valence-corrected chi connectivity index (χ2v) is 1.89. The van der Waals surface area contributed by atoms with Gasteiger partial charge in [-0.3, -0.25) is 0 Å². The molecule has 0 bridgehead atoms. The van der Waals surface area contributed by atoms with Crippen LogP contribution in [0, 0.1) is 0 Å². The zero-order valence-electron chi connectivity index (χ0n) is 5.24. The van der Waals surface area contributed by atoms with E-state index in [1.165, 1.54) is 6.07 Å². The molecule has 1 rings (SSSR count). The van der Waals surface area contributed by atoms with Crippen molar-refractivity contribution in [3.05, 3.63) is 29.8 Å². The first kappa shape index (κ1) is 6.61. The number of aromatic carboxylic acids is 1. The molecule has 1 aromatic carbocycles. The number of anilines is 1. The lowest BCUT2D eigenvalue weighted by molar-refractivity contribution is 0.0698. The molecule has 0 spiro atoms. The van der Waals surface area contributed by atoms with Crippen LogP contribution >= 0.6 is 0 Å². The first-order valence-corrected chi connectivity index (χ1v) is 2.79. The molecule has 0 aromatic heterocycles. The van der Waals surface area contributed by atoms with E-state index in [-0.39, 0.29) is 5.56 Å². The minimum atomic E-state index is -0.988. The molecule has 0 heterocycles. The SMILES string of the molecule is N[13c]1[13cH][13cH][13cH][13cH][13c]1C(=O)O. The Bertz CT molecular complexity index is 258. The summed E-state index contributed by atoms with van der Waals surface area (Å²) in [4.78, 5) is 10.3. The van der Waals surface area contributed by atoms with E-state index in [2.05, 4.69) is 0 Å². The van der Waals surface area contributed by atoms with Gasteiger partial charge in [-0.2, -0.15) is 0 Å². The van der Waals surface area contributed by atoms with Crippen LogP contribution in [0.25, 0.3) is 0 Å². The first-order chi connectivity index (χ1) is 4.72. The van der Waals surface area contributed by atoms with Crippen LogP contribution in [0.5, 0.6) is 0 Å². The highest BCUT2D eigenvalue weighted by Gasteiger charge is 2.03. The number of carboxylic acid groups (broad SMARTS) is 1. The van der Waals surface area contributed by atoms with Crippen molar-refractivity contribution in [2.45, 2.75) is 0 Å². The van der Waals surface area contributed by atoms with Gasteiger partial charge in [-0.15, -0.1) is 0 Å². The second kappa shape index (κ2) is 2.39. The van der Waals surface area contributed by atoms with Crippen LogP contribution in [0.15, 0.2) is 24.3 Å². The van der Waals surface area contributed by atoms with Gasteiger partial charge < -0.3 is 10.8 Å². The lowest BCUT2D eigenvalue weighted by Crippen LogP contribution is -2.00. The molecular formula is C7H7NO2. The quantitative estimate of drug-likeness (QED) is 0.575. The number of para-hydroxylation sites is 1. The molecule has 0 atom stereocenters. The third kappa shape index (κ3) is 1.07. The van der Waals surface area contributed by atoms with Crippen molar-refractivity contribution in [3.63, 3.8) is 0 Å². The van der Waals surface area contributed by atoms with Crippen molar-refractivity contribution < 1.29 is 9.90 Å². The number of nitrogen functional groups attached to an aromatic ring is 1. The van der Waals surface area contributed by atoms with Crippen LogP contribution in [-0.4, -0.2) is 11.1 Å². The topological polar surface area (TPSA) is 63.3 Å². The molecule has 10 heavy (non-hydrogen) atoms. The van der Waals surface area contributed by atoms with Crippen LogP contribution in [0.4, 0.5) is 5.69 Å². The summed E-state index contributed by atoms with van der Waals surface area (Å²) < 4.78 is 0. The van der Waals surface area contributed by atoms with E-state index in [9.17, 15) is 4.79 Å². The summed E-state index contributed by atoms with van der Waals surface area (Å²) in [5.41, 5.74) is 5.80. The molecule has 52 valence electrons. The largest absolute Gasteiger partial charge is 0.478 e. The summed E-state index contributed by atoms with van der Waals surface area (Å²) >= 11 is 0. The molecule has 0 aliphatic heterocycles. The van der Waals surface area contributed by atoms with Crippen LogP contribution in [0.3, 0.4) is 0 Å². The van der Waals surface area contributed by atoms with Crippen molar-refractivity contribution in [1.29, 1.82) is 0 Å². The predicted molar refractivity (Wildman–Crippen MR) is 37.8 cm³/mol. The van der Waals surface area contributed by atoms with Crippen molar-refractivity contribution in [2.24, 2.45) is 0 Å². The molecule has 0 aliphatic carbocycles. The molecule has 0 radical (unpaired) electrons. The third-order valence-corrected chi connectivity index (χ3v) is 1.19. The predicted octanol–water partition coefficient (Wildman–Crippen LogP) is 0.967. The second-order valence-electron chi connectivity index (χ2n) is 1.89. The van der Waals surface area contributed by atoms with Gasteiger partial charge in [0.2, 0.25) is 0 Å². The molecule has 0 unspecified atom stereocenters. The molecule has 3 nitrogen and oxygen atoms in total. The Kier molecular flexibility index (Phi) is 1.58. The molecule has 3 N–H and O–H groups in total. The van der Waals surface area contributed by atoms with E-state index < -0.39 is 5.97 Å². The fourth-order valence-corrected chi connectivity index (χ4v) is 0.692. The van der Waals surface area contributed by atoms with E-state index in [1.54, 1.807) is 18.2 Å². The Morgan fingerprint density at radius 2 is 2.00 bits per heavy atom. The summed E-state index contributed by atoms with van der Waals surface area (Å²) in [5, 5.41) is 8.49. The van der Waals surface area contributed by atoms with Crippen LogP contribution in [-0.2, 0) is 0 Å². The highest BCUT2D eigenvalue weighted by molar-refractivity contribution is 5.93. The zero-order chi connectivity index (χ0) is 7.56. The van der Waals surface area contributed by atoms with E-state index in [0.717, 1.165) is 0 Å². The van der Waals surface area contributed by atoms with E-state index in [0.29, 0.717) is 5.69 Å². The van der Waals surface area contributed by atoms with Gasteiger partial charge in [0.25, 0.3) is 0 Å². The highest BCUT2D eigenvalue weighted by Crippen LogP contribution is 2.08. The molecule has 0 saturated carbocycles. The van der Waals surface area contributed by atoms with Crippen LogP contribution in [0.2, 0.25) is 0 Å².